The van der Waals surface area contributed by atoms with Crippen LogP contribution in [-0.4, -0.2) is 8.32 Å². The summed E-state index contributed by atoms with van der Waals surface area (Å²) in [5.41, 5.74) is 3.32. The van der Waals surface area contributed by atoms with Gasteiger partial charge >= 0.3 is 0 Å². The van der Waals surface area contributed by atoms with E-state index in [2.05, 4.69) is 111 Å². The van der Waals surface area contributed by atoms with Crippen molar-refractivity contribution in [3.05, 3.63) is 108 Å². The van der Waals surface area contributed by atoms with Crippen molar-refractivity contribution < 1.29 is 4.43 Å². The van der Waals surface area contributed by atoms with Gasteiger partial charge in [-0.15, -0.1) is 0 Å². The van der Waals surface area contributed by atoms with Gasteiger partial charge in [0.1, 0.15) is 0 Å². The van der Waals surface area contributed by atoms with E-state index in [1.54, 1.807) is 0 Å². The standard InChI is InChI=1S/C25H28OSi/c1-24(21-13-7-4-8-14-21)25(19-20-27(2,3)26-24,22-15-9-5-10-16-22)23-17-11-6-12-18-23/h4-18H,19-20H2,1-3H3. The lowest BCUT2D eigenvalue weighted by atomic mass is 9.60. The Morgan fingerprint density at radius 3 is 1.52 bits per heavy atom. The average molecular weight is 373 g/mol. The number of benzene rings is 3. The second kappa shape index (κ2) is 6.77. The molecular weight excluding hydrogens is 344 g/mol. The molecule has 0 aromatic heterocycles. The molecule has 1 unspecified atom stereocenters. The van der Waals surface area contributed by atoms with Gasteiger partial charge in [0.2, 0.25) is 0 Å². The third-order valence-electron chi connectivity index (χ3n) is 6.25. The van der Waals surface area contributed by atoms with Crippen molar-refractivity contribution in [3.8, 4) is 0 Å². The molecule has 0 aliphatic carbocycles. The van der Waals surface area contributed by atoms with Crippen LogP contribution in [0.3, 0.4) is 0 Å². The second-order valence-corrected chi connectivity index (χ2v) is 12.6. The van der Waals surface area contributed by atoms with E-state index in [1.165, 1.54) is 16.7 Å². The Hall–Kier alpha value is -2.16. The molecule has 3 aromatic rings. The van der Waals surface area contributed by atoms with E-state index in [9.17, 15) is 0 Å². The quantitative estimate of drug-likeness (QED) is 0.476. The molecule has 1 aliphatic heterocycles. The molecule has 0 N–H and O–H groups in total. The maximum Gasteiger partial charge on any atom is 0.188 e. The fourth-order valence-electron chi connectivity index (χ4n) is 4.93. The van der Waals surface area contributed by atoms with Gasteiger partial charge in [-0.25, -0.2) is 0 Å². The van der Waals surface area contributed by atoms with Crippen LogP contribution in [-0.2, 0) is 15.4 Å². The third-order valence-corrected chi connectivity index (χ3v) is 8.67. The minimum absolute atomic E-state index is 0.209. The zero-order chi connectivity index (χ0) is 19.0. The first-order valence-corrected chi connectivity index (χ1v) is 13.0. The first-order valence-electron chi connectivity index (χ1n) is 9.85. The van der Waals surface area contributed by atoms with Gasteiger partial charge in [0, 0.05) is 0 Å². The monoisotopic (exact) mass is 372 g/mol. The fraction of sp³-hybridized carbons (Fsp3) is 0.280. The summed E-state index contributed by atoms with van der Waals surface area (Å²) in [6.45, 7) is 7.03. The van der Waals surface area contributed by atoms with E-state index in [4.69, 9.17) is 4.43 Å². The lowest BCUT2D eigenvalue weighted by Gasteiger charge is -2.57. The molecule has 0 saturated carbocycles. The molecule has 1 atom stereocenters. The van der Waals surface area contributed by atoms with Gasteiger partial charge in [-0.3, -0.25) is 0 Å². The molecule has 1 nitrogen and oxygen atoms in total. The van der Waals surface area contributed by atoms with Crippen LogP contribution in [0.4, 0.5) is 0 Å². The maximum atomic E-state index is 7.11. The molecular formula is C25H28OSi. The third kappa shape index (κ3) is 2.97. The average Bonchev–Trinajstić information content (AvgIpc) is 2.70. The van der Waals surface area contributed by atoms with Crippen molar-refractivity contribution in [1.29, 1.82) is 0 Å². The summed E-state index contributed by atoms with van der Waals surface area (Å²) in [6.07, 6.45) is 1.10. The Bertz CT molecular complexity index is 850. The predicted molar refractivity (Wildman–Crippen MR) is 115 cm³/mol. The number of hydrogen-bond donors (Lipinski definition) is 0. The molecule has 0 amide bonds. The van der Waals surface area contributed by atoms with Gasteiger partial charge in [-0.1, -0.05) is 91.0 Å². The largest absolute Gasteiger partial charge is 0.407 e. The van der Waals surface area contributed by atoms with Gasteiger partial charge in [0.05, 0.1) is 11.0 Å². The van der Waals surface area contributed by atoms with Crippen molar-refractivity contribution in [1.82, 2.24) is 0 Å². The van der Waals surface area contributed by atoms with Crippen molar-refractivity contribution >= 4 is 8.32 Å². The second-order valence-electron chi connectivity index (χ2n) is 8.40. The molecule has 0 spiro atoms. The summed E-state index contributed by atoms with van der Waals surface area (Å²) in [5, 5.41) is 0. The summed E-state index contributed by atoms with van der Waals surface area (Å²) in [6, 6.07) is 33.9. The minimum atomic E-state index is -1.76. The molecule has 1 heterocycles. The smallest absolute Gasteiger partial charge is 0.188 e. The molecule has 3 aromatic carbocycles. The van der Waals surface area contributed by atoms with E-state index < -0.39 is 13.9 Å². The molecule has 2 heteroatoms. The molecule has 1 saturated heterocycles. The topological polar surface area (TPSA) is 9.23 Å². The number of rotatable bonds is 3. The van der Waals surface area contributed by atoms with Crippen LogP contribution in [0.1, 0.15) is 30.0 Å². The van der Waals surface area contributed by atoms with E-state index in [1.807, 2.05) is 0 Å². The van der Waals surface area contributed by atoms with Gasteiger partial charge in [-0.2, -0.15) is 0 Å². The minimum Gasteiger partial charge on any atom is -0.407 e. The van der Waals surface area contributed by atoms with Crippen LogP contribution in [0.2, 0.25) is 19.1 Å². The van der Waals surface area contributed by atoms with Crippen LogP contribution in [0.15, 0.2) is 91.0 Å². The van der Waals surface area contributed by atoms with Crippen molar-refractivity contribution in [2.24, 2.45) is 0 Å². The Morgan fingerprint density at radius 1 is 0.667 bits per heavy atom. The SMILES string of the molecule is CC1(c2ccccc2)O[Si](C)(C)CCC1(c1ccccc1)c1ccccc1. The molecule has 0 bridgehead atoms. The van der Waals surface area contributed by atoms with Crippen LogP contribution < -0.4 is 0 Å². The van der Waals surface area contributed by atoms with E-state index >= 15 is 0 Å². The highest BCUT2D eigenvalue weighted by Crippen LogP contribution is 2.57. The highest BCUT2D eigenvalue weighted by atomic mass is 28.4. The number of hydrogen-bond acceptors (Lipinski definition) is 1. The Balaban J connectivity index is 2.04. The first kappa shape index (κ1) is 18.2. The van der Waals surface area contributed by atoms with E-state index in [0.717, 1.165) is 12.5 Å². The Labute approximate surface area is 164 Å². The van der Waals surface area contributed by atoms with E-state index in [0.29, 0.717) is 0 Å². The van der Waals surface area contributed by atoms with Gasteiger partial charge in [-0.05, 0) is 49.2 Å². The molecule has 138 valence electrons. The zero-order valence-electron chi connectivity index (χ0n) is 16.5. The lowest BCUT2D eigenvalue weighted by Crippen LogP contribution is -2.59. The normalized spacial score (nSPS) is 23.7. The van der Waals surface area contributed by atoms with Crippen LogP contribution >= 0.6 is 0 Å². The van der Waals surface area contributed by atoms with Crippen molar-refractivity contribution in [3.63, 3.8) is 0 Å². The molecule has 0 radical (unpaired) electrons. The summed E-state index contributed by atoms with van der Waals surface area (Å²) in [7, 11) is -1.76. The van der Waals surface area contributed by atoms with Crippen molar-refractivity contribution in [2.75, 3.05) is 0 Å². The predicted octanol–water partition coefficient (Wildman–Crippen LogP) is 6.51. The van der Waals surface area contributed by atoms with Gasteiger partial charge < -0.3 is 4.43 Å². The first-order chi connectivity index (χ1) is 13.0. The van der Waals surface area contributed by atoms with Gasteiger partial charge in [0.15, 0.2) is 8.32 Å². The molecule has 1 fully saturated rings. The van der Waals surface area contributed by atoms with Gasteiger partial charge in [0.25, 0.3) is 0 Å². The summed E-state index contributed by atoms with van der Waals surface area (Å²) in [4.78, 5) is 0. The van der Waals surface area contributed by atoms with Crippen LogP contribution in [0.5, 0.6) is 0 Å². The highest BCUT2D eigenvalue weighted by Gasteiger charge is 2.57. The fourth-order valence-corrected chi connectivity index (χ4v) is 7.41. The van der Waals surface area contributed by atoms with Crippen molar-refractivity contribution in [2.45, 2.75) is 43.5 Å². The van der Waals surface area contributed by atoms with Crippen LogP contribution in [0.25, 0.3) is 0 Å². The Morgan fingerprint density at radius 2 is 1.07 bits per heavy atom. The molecule has 4 rings (SSSR count). The Kier molecular flexibility index (Phi) is 4.57. The molecule has 27 heavy (non-hydrogen) atoms. The van der Waals surface area contributed by atoms with Crippen LogP contribution in [0, 0.1) is 0 Å². The van der Waals surface area contributed by atoms with E-state index in [-0.39, 0.29) is 5.41 Å². The highest BCUT2D eigenvalue weighted by molar-refractivity contribution is 6.71. The summed E-state index contributed by atoms with van der Waals surface area (Å²) < 4.78 is 7.11. The zero-order valence-corrected chi connectivity index (χ0v) is 17.5. The lowest BCUT2D eigenvalue weighted by molar-refractivity contribution is -0.0135. The maximum absolute atomic E-state index is 7.11. The molecule has 1 aliphatic rings. The summed E-state index contributed by atoms with van der Waals surface area (Å²) >= 11 is 0. The summed E-state index contributed by atoms with van der Waals surface area (Å²) in [5.74, 6) is 0.